The Morgan fingerprint density at radius 3 is 2.38 bits per heavy atom. The van der Waals surface area contributed by atoms with E-state index in [0.29, 0.717) is 6.54 Å². The Hall–Kier alpha value is -2.53. The van der Waals surface area contributed by atoms with Crippen LogP contribution in [0.4, 0.5) is 0 Å². The number of rotatable bonds is 9. The Bertz CT molecular complexity index is 810. The first kappa shape index (κ1) is 21.2. The molecule has 3 rings (SSSR count). The second-order valence-corrected chi connectivity index (χ2v) is 8.20. The fourth-order valence-electron chi connectivity index (χ4n) is 3.15. The molecule has 0 spiro atoms. The number of nitrogens with one attached hydrogen (secondary N) is 2. The van der Waals surface area contributed by atoms with Crippen molar-refractivity contribution in [3.05, 3.63) is 64.7 Å². The molecule has 5 nitrogen and oxygen atoms in total. The summed E-state index contributed by atoms with van der Waals surface area (Å²) in [6.07, 6.45) is 2.60. The summed E-state index contributed by atoms with van der Waals surface area (Å²) in [5, 5.41) is 6.80. The number of hydrogen-bond donors (Lipinski definition) is 2. The minimum Gasteiger partial charge on any atom is -0.493 e. The highest BCUT2D eigenvalue weighted by atomic mass is 16.5. The van der Waals surface area contributed by atoms with Gasteiger partial charge in [-0.3, -0.25) is 4.99 Å². The molecule has 2 aromatic rings. The molecule has 156 valence electrons. The lowest BCUT2D eigenvalue weighted by molar-refractivity contribution is 0.296. The Kier molecular flexibility index (Phi) is 7.53. The van der Waals surface area contributed by atoms with E-state index in [1.807, 2.05) is 0 Å². The van der Waals surface area contributed by atoms with Gasteiger partial charge in [-0.2, -0.15) is 0 Å². The molecule has 1 aliphatic rings. The molecule has 0 amide bonds. The van der Waals surface area contributed by atoms with E-state index in [-0.39, 0.29) is 0 Å². The van der Waals surface area contributed by atoms with Crippen molar-refractivity contribution >= 4 is 5.96 Å². The number of benzene rings is 2. The van der Waals surface area contributed by atoms with Crippen molar-refractivity contribution in [1.82, 2.24) is 15.5 Å². The third-order valence-corrected chi connectivity index (χ3v) is 5.05. The van der Waals surface area contributed by atoms with E-state index in [1.54, 1.807) is 7.05 Å². The van der Waals surface area contributed by atoms with Crippen LogP contribution in [-0.4, -0.2) is 38.6 Å². The summed E-state index contributed by atoms with van der Waals surface area (Å²) in [6.45, 7) is 5.31. The molecule has 0 heterocycles. The van der Waals surface area contributed by atoms with E-state index >= 15 is 0 Å². The van der Waals surface area contributed by atoms with Gasteiger partial charge in [0.15, 0.2) is 5.96 Å². The van der Waals surface area contributed by atoms with E-state index in [0.717, 1.165) is 42.9 Å². The van der Waals surface area contributed by atoms with E-state index in [9.17, 15) is 0 Å². The Labute approximate surface area is 175 Å². The third kappa shape index (κ3) is 7.09. The minimum absolute atomic E-state index is 0.682. The number of aliphatic imine (C=N–C) groups is 1. The van der Waals surface area contributed by atoms with Gasteiger partial charge in [-0.05, 0) is 62.5 Å². The second kappa shape index (κ2) is 10.3. The number of hydrogen-bond acceptors (Lipinski definition) is 3. The zero-order valence-corrected chi connectivity index (χ0v) is 18.2. The molecule has 0 atom stereocenters. The summed E-state index contributed by atoms with van der Waals surface area (Å²) in [5.74, 6) is 2.52. The first-order valence-electron chi connectivity index (χ1n) is 10.4. The molecule has 0 unspecified atom stereocenters. The lowest BCUT2D eigenvalue weighted by Gasteiger charge is -2.16. The summed E-state index contributed by atoms with van der Waals surface area (Å²) in [4.78, 5) is 6.53. The molecule has 0 radical (unpaired) electrons. The predicted molar refractivity (Wildman–Crippen MR) is 120 cm³/mol. The van der Waals surface area contributed by atoms with Crippen LogP contribution in [0.1, 0.15) is 35.1 Å². The monoisotopic (exact) mass is 394 g/mol. The van der Waals surface area contributed by atoms with Crippen LogP contribution >= 0.6 is 0 Å². The molecule has 2 N–H and O–H groups in total. The van der Waals surface area contributed by atoms with Gasteiger partial charge in [0.05, 0.1) is 6.61 Å². The summed E-state index contributed by atoms with van der Waals surface area (Å²) in [5.41, 5.74) is 4.94. The summed E-state index contributed by atoms with van der Waals surface area (Å²) in [6, 6.07) is 15.1. The standard InChI is InChI=1S/C24H34N4O/c1-18-5-12-22(23(13-18)29-17-21-10-11-21)15-27-24(25-2)26-14-19-6-8-20(9-7-19)16-28(3)4/h5-9,12-13,21H,10-11,14-17H2,1-4H3,(H2,25,26,27). The average molecular weight is 395 g/mol. The predicted octanol–water partition coefficient (Wildman–Crippen LogP) is 3.71. The zero-order valence-electron chi connectivity index (χ0n) is 18.2. The van der Waals surface area contributed by atoms with Crippen LogP contribution in [0.25, 0.3) is 0 Å². The summed E-state index contributed by atoms with van der Waals surface area (Å²) < 4.78 is 6.07. The first-order chi connectivity index (χ1) is 14.0. The maximum Gasteiger partial charge on any atom is 0.191 e. The molecule has 5 heteroatoms. The van der Waals surface area contributed by atoms with Gasteiger partial charge in [-0.15, -0.1) is 0 Å². The maximum absolute atomic E-state index is 6.07. The SMILES string of the molecule is CN=C(NCc1ccc(CN(C)C)cc1)NCc1ccc(C)cc1OCC1CC1. The lowest BCUT2D eigenvalue weighted by atomic mass is 10.1. The first-order valence-corrected chi connectivity index (χ1v) is 10.4. The van der Waals surface area contributed by atoms with Crippen LogP contribution in [0, 0.1) is 12.8 Å². The molecule has 2 aromatic carbocycles. The van der Waals surface area contributed by atoms with Gasteiger partial charge in [-0.1, -0.05) is 36.4 Å². The van der Waals surface area contributed by atoms with Gasteiger partial charge in [0.2, 0.25) is 0 Å². The van der Waals surface area contributed by atoms with Crippen molar-refractivity contribution in [1.29, 1.82) is 0 Å². The van der Waals surface area contributed by atoms with Crippen LogP contribution in [0.15, 0.2) is 47.5 Å². The van der Waals surface area contributed by atoms with Crippen molar-refractivity contribution in [2.75, 3.05) is 27.7 Å². The van der Waals surface area contributed by atoms with Crippen LogP contribution in [0.3, 0.4) is 0 Å². The van der Waals surface area contributed by atoms with Gasteiger partial charge >= 0.3 is 0 Å². The van der Waals surface area contributed by atoms with E-state index in [4.69, 9.17) is 4.74 Å². The number of aryl methyl sites for hydroxylation is 1. The minimum atomic E-state index is 0.682. The quantitative estimate of drug-likeness (QED) is 0.503. The fraction of sp³-hybridized carbons (Fsp3) is 0.458. The molecule has 1 saturated carbocycles. The van der Waals surface area contributed by atoms with Crippen LogP contribution in [0.2, 0.25) is 0 Å². The maximum atomic E-state index is 6.07. The normalized spacial score (nSPS) is 14.2. The summed E-state index contributed by atoms with van der Waals surface area (Å²) in [7, 11) is 5.97. The van der Waals surface area contributed by atoms with Gasteiger partial charge in [-0.25, -0.2) is 0 Å². The highest BCUT2D eigenvalue weighted by Gasteiger charge is 2.22. The molecular weight excluding hydrogens is 360 g/mol. The smallest absolute Gasteiger partial charge is 0.191 e. The van der Waals surface area contributed by atoms with Crippen LogP contribution in [0.5, 0.6) is 5.75 Å². The van der Waals surface area contributed by atoms with E-state index in [1.165, 1.54) is 29.5 Å². The van der Waals surface area contributed by atoms with E-state index < -0.39 is 0 Å². The molecule has 29 heavy (non-hydrogen) atoms. The Morgan fingerprint density at radius 1 is 1.03 bits per heavy atom. The Morgan fingerprint density at radius 2 is 1.72 bits per heavy atom. The molecule has 0 saturated heterocycles. The van der Waals surface area contributed by atoms with E-state index in [2.05, 4.69) is 84.0 Å². The van der Waals surface area contributed by atoms with Crippen LogP contribution in [-0.2, 0) is 19.6 Å². The number of nitrogens with zero attached hydrogens (tertiary/aromatic N) is 2. The summed E-state index contributed by atoms with van der Waals surface area (Å²) >= 11 is 0. The van der Waals surface area contributed by atoms with Gasteiger partial charge < -0.3 is 20.3 Å². The van der Waals surface area contributed by atoms with Crippen molar-refractivity contribution < 1.29 is 4.74 Å². The largest absolute Gasteiger partial charge is 0.493 e. The second-order valence-electron chi connectivity index (χ2n) is 8.20. The van der Waals surface area contributed by atoms with Crippen molar-refractivity contribution in [2.45, 2.75) is 39.4 Å². The average Bonchev–Trinajstić information content (AvgIpc) is 3.53. The van der Waals surface area contributed by atoms with Gasteiger partial charge in [0.25, 0.3) is 0 Å². The topological polar surface area (TPSA) is 48.9 Å². The molecule has 1 fully saturated rings. The molecular formula is C24H34N4O. The molecule has 0 aromatic heterocycles. The van der Waals surface area contributed by atoms with Crippen molar-refractivity contribution in [3.8, 4) is 5.75 Å². The van der Waals surface area contributed by atoms with Crippen molar-refractivity contribution in [2.24, 2.45) is 10.9 Å². The highest BCUT2D eigenvalue weighted by Crippen LogP contribution is 2.30. The van der Waals surface area contributed by atoms with Gasteiger partial charge in [0.1, 0.15) is 5.75 Å². The third-order valence-electron chi connectivity index (χ3n) is 5.05. The lowest BCUT2D eigenvalue weighted by Crippen LogP contribution is -2.36. The number of ether oxygens (including phenoxy) is 1. The molecule has 0 aliphatic heterocycles. The van der Waals surface area contributed by atoms with Gasteiger partial charge in [0, 0.05) is 32.2 Å². The fourth-order valence-corrected chi connectivity index (χ4v) is 3.15. The zero-order chi connectivity index (χ0) is 20.6. The molecule has 1 aliphatic carbocycles. The van der Waals surface area contributed by atoms with Crippen LogP contribution < -0.4 is 15.4 Å². The molecule has 0 bridgehead atoms. The highest BCUT2D eigenvalue weighted by molar-refractivity contribution is 5.79. The Balaban J connectivity index is 1.51. The number of guanidine groups is 1. The van der Waals surface area contributed by atoms with Crippen molar-refractivity contribution in [3.63, 3.8) is 0 Å².